The number of hydrogen-bond acceptors (Lipinski definition) is 6. The summed E-state index contributed by atoms with van der Waals surface area (Å²) in [7, 11) is 0.888. The Hall–Kier alpha value is 0.620. The summed E-state index contributed by atoms with van der Waals surface area (Å²) in [6.45, 7) is 24.1. The van der Waals surface area contributed by atoms with Gasteiger partial charge < -0.3 is 23.8 Å². The first kappa shape index (κ1) is 29.6. The molecular weight excluding hydrogens is 408 g/mol. The van der Waals surface area contributed by atoms with Gasteiger partial charge in [-0.1, -0.05) is 37.9 Å². The minimum absolute atomic E-state index is 0.248. The molecule has 0 amide bonds. The molecule has 6 nitrogen and oxygen atoms in total. The first-order valence-electron chi connectivity index (χ1n) is 11.1. The van der Waals surface area contributed by atoms with Crippen molar-refractivity contribution < 1.29 is 23.8 Å². The molecule has 0 aromatic heterocycles. The van der Waals surface area contributed by atoms with Gasteiger partial charge in [-0.3, -0.25) is 0 Å². The van der Waals surface area contributed by atoms with E-state index in [9.17, 15) is 0 Å². The minimum atomic E-state index is -0.595. The van der Waals surface area contributed by atoms with E-state index in [-0.39, 0.29) is 16.9 Å². The first-order valence-corrected chi connectivity index (χ1v) is 13.2. The maximum atomic E-state index is 5.99. The lowest BCUT2D eigenvalue weighted by Crippen LogP contribution is -2.57. The molecule has 0 saturated carbocycles. The number of ether oxygens (including phenoxy) is 4. The van der Waals surface area contributed by atoms with Crippen molar-refractivity contribution in [3.8, 4) is 0 Å². The summed E-state index contributed by atoms with van der Waals surface area (Å²) in [4.78, 5) is 5.85. The van der Waals surface area contributed by atoms with Gasteiger partial charge in [0.25, 0.3) is 0 Å². The van der Waals surface area contributed by atoms with Gasteiger partial charge in [0.05, 0.1) is 12.1 Å². The smallest absolute Gasteiger partial charge is 0.181 e. The molecular formula is C21H47NO5P2. The van der Waals surface area contributed by atoms with Crippen LogP contribution in [0.5, 0.6) is 0 Å². The maximum absolute atomic E-state index is 5.99. The van der Waals surface area contributed by atoms with Gasteiger partial charge in [0.15, 0.2) is 11.1 Å². The average Bonchev–Trinajstić information content (AvgIpc) is 2.62. The molecule has 0 bridgehead atoms. The van der Waals surface area contributed by atoms with Gasteiger partial charge in [-0.05, 0) is 66.2 Å². The van der Waals surface area contributed by atoms with E-state index in [1.54, 1.807) is 0 Å². The van der Waals surface area contributed by atoms with Crippen LogP contribution in [0, 0.1) is 0 Å². The molecule has 0 rings (SSSR count). The highest BCUT2D eigenvalue weighted by molar-refractivity contribution is 7.41. The van der Waals surface area contributed by atoms with Gasteiger partial charge in [0.1, 0.15) is 0 Å². The quantitative estimate of drug-likeness (QED) is 0.131. The number of rotatable bonds is 18. The molecule has 0 heterocycles. The van der Waals surface area contributed by atoms with Crippen molar-refractivity contribution in [3.63, 3.8) is 0 Å². The van der Waals surface area contributed by atoms with Gasteiger partial charge in [0.2, 0.25) is 0 Å². The Morgan fingerprint density at radius 1 is 0.690 bits per heavy atom. The monoisotopic (exact) mass is 455 g/mol. The summed E-state index contributed by atoms with van der Waals surface area (Å²) in [5.41, 5.74) is 2.41. The van der Waals surface area contributed by atoms with E-state index in [4.69, 9.17) is 23.8 Å². The van der Waals surface area contributed by atoms with Crippen molar-refractivity contribution in [1.29, 1.82) is 0 Å². The van der Waals surface area contributed by atoms with Crippen LogP contribution in [0.4, 0.5) is 0 Å². The van der Waals surface area contributed by atoms with Crippen molar-refractivity contribution in [2.75, 3.05) is 33.0 Å². The van der Waals surface area contributed by atoms with Crippen LogP contribution in [-0.4, -0.2) is 60.9 Å². The zero-order chi connectivity index (χ0) is 22.6. The Kier molecular flexibility index (Phi) is 15.0. The Morgan fingerprint density at radius 3 is 1.31 bits per heavy atom. The van der Waals surface area contributed by atoms with Crippen molar-refractivity contribution in [2.24, 2.45) is 0 Å². The van der Waals surface area contributed by atoms with E-state index in [1.807, 2.05) is 41.5 Å². The molecule has 4 unspecified atom stereocenters. The van der Waals surface area contributed by atoms with Gasteiger partial charge in [-0.15, -0.1) is 0 Å². The molecule has 0 aromatic carbocycles. The van der Waals surface area contributed by atoms with Crippen LogP contribution < -0.4 is 5.48 Å². The molecule has 0 aromatic rings. The van der Waals surface area contributed by atoms with Gasteiger partial charge in [-0.25, -0.2) is 0 Å². The predicted octanol–water partition coefficient (Wildman–Crippen LogP) is 5.30. The Bertz CT molecular complexity index is 386. The van der Waals surface area contributed by atoms with E-state index in [0.717, 1.165) is 6.42 Å². The molecule has 0 aliphatic carbocycles. The molecule has 0 aliphatic rings. The fourth-order valence-corrected chi connectivity index (χ4v) is 7.17. The second-order valence-corrected chi connectivity index (χ2v) is 11.7. The fraction of sp³-hybridized carbons (Fsp3) is 1.00. The Labute approximate surface area is 183 Å². The third-order valence-electron chi connectivity index (χ3n) is 5.03. The first-order chi connectivity index (χ1) is 13.6. The van der Waals surface area contributed by atoms with Crippen LogP contribution in [0.15, 0.2) is 0 Å². The second kappa shape index (κ2) is 14.6. The summed E-state index contributed by atoms with van der Waals surface area (Å²) in [5, 5.41) is 0. The van der Waals surface area contributed by atoms with Crippen molar-refractivity contribution in [2.45, 2.75) is 104 Å². The molecule has 1 N–H and O–H groups in total. The highest BCUT2D eigenvalue weighted by Gasteiger charge is 2.44. The molecule has 0 aliphatic heterocycles. The molecule has 0 saturated heterocycles. The molecule has 29 heavy (non-hydrogen) atoms. The summed E-state index contributed by atoms with van der Waals surface area (Å²) >= 11 is 0. The standard InChI is InChI=1S/C21H47NO5P2/c1-11-16-27-22-19(8,17(6)28-20(9,23-12-2)24-13-3)18(7)29-21(10,25-14-4)26-15-5/h17-18,22,28-29H,11-16H2,1-10H3. The molecule has 8 heteroatoms. The van der Waals surface area contributed by atoms with Crippen molar-refractivity contribution >= 4 is 17.2 Å². The number of hydrogen-bond donors (Lipinski definition) is 1. The van der Waals surface area contributed by atoms with Gasteiger partial charge in [0, 0.05) is 26.4 Å². The highest BCUT2D eigenvalue weighted by Crippen LogP contribution is 2.49. The van der Waals surface area contributed by atoms with Crippen molar-refractivity contribution in [1.82, 2.24) is 5.48 Å². The SMILES string of the molecule is CCCONC(C)(C(C)PC(C)(OCC)OCC)C(C)PC(C)(OCC)OCC. The zero-order valence-electron chi connectivity index (χ0n) is 20.4. The summed E-state index contributed by atoms with van der Waals surface area (Å²) in [6, 6.07) is 0. The second-order valence-electron chi connectivity index (χ2n) is 7.59. The third-order valence-corrected chi connectivity index (χ3v) is 8.73. The Morgan fingerprint density at radius 2 is 1.03 bits per heavy atom. The van der Waals surface area contributed by atoms with Crippen LogP contribution >= 0.6 is 17.2 Å². The van der Waals surface area contributed by atoms with E-state index < -0.39 is 11.1 Å². The fourth-order valence-electron chi connectivity index (χ4n) is 3.30. The van der Waals surface area contributed by atoms with Crippen LogP contribution in [0.2, 0.25) is 0 Å². The van der Waals surface area contributed by atoms with Crippen LogP contribution in [-0.2, 0) is 23.8 Å². The molecule has 0 spiro atoms. The summed E-state index contributed by atoms with van der Waals surface area (Å²) in [5.74, 6) is 0. The lowest BCUT2D eigenvalue weighted by atomic mass is 9.95. The predicted molar refractivity (Wildman–Crippen MR) is 127 cm³/mol. The lowest BCUT2D eigenvalue weighted by Gasteiger charge is -2.46. The summed E-state index contributed by atoms with van der Waals surface area (Å²) in [6.07, 6.45) is 0.960. The molecule has 4 atom stereocenters. The highest BCUT2D eigenvalue weighted by atomic mass is 31.1. The number of hydroxylamine groups is 1. The third kappa shape index (κ3) is 10.2. The van der Waals surface area contributed by atoms with E-state index in [0.29, 0.717) is 50.2 Å². The van der Waals surface area contributed by atoms with Crippen LogP contribution in [0.3, 0.4) is 0 Å². The zero-order valence-corrected chi connectivity index (χ0v) is 22.4. The van der Waals surface area contributed by atoms with Crippen LogP contribution in [0.1, 0.15) is 75.7 Å². The van der Waals surface area contributed by atoms with E-state index in [2.05, 4.69) is 33.2 Å². The van der Waals surface area contributed by atoms with E-state index >= 15 is 0 Å². The average molecular weight is 456 g/mol. The van der Waals surface area contributed by atoms with Gasteiger partial charge >= 0.3 is 0 Å². The minimum Gasteiger partial charge on any atom is -0.347 e. The summed E-state index contributed by atoms with van der Waals surface area (Å²) < 4.78 is 24.0. The lowest BCUT2D eigenvalue weighted by molar-refractivity contribution is -0.157. The number of nitrogens with one attached hydrogen (secondary N) is 1. The topological polar surface area (TPSA) is 58.2 Å². The van der Waals surface area contributed by atoms with Gasteiger partial charge in [-0.2, -0.15) is 5.48 Å². The normalized spacial score (nSPS) is 18.0. The molecule has 176 valence electrons. The maximum Gasteiger partial charge on any atom is 0.181 e. The molecule has 0 fully saturated rings. The molecule has 0 radical (unpaired) electrons. The van der Waals surface area contributed by atoms with Crippen molar-refractivity contribution in [3.05, 3.63) is 0 Å². The van der Waals surface area contributed by atoms with E-state index in [1.165, 1.54) is 0 Å². The van der Waals surface area contributed by atoms with Crippen LogP contribution in [0.25, 0.3) is 0 Å². The largest absolute Gasteiger partial charge is 0.347 e. The Balaban J connectivity index is 5.60.